The lowest BCUT2D eigenvalue weighted by molar-refractivity contribution is -0.135. The molecule has 3 heterocycles. The van der Waals surface area contributed by atoms with Gasteiger partial charge in [-0.1, -0.05) is 30.1 Å². The SMILES string of the molecule is CC1c2ncnc(N[C@@H](C)c3nc4ccc(Cl)cc4[nH]3)c2C=C(Cl)C1C(=O)N1CCC[C@H]1CN. The first kappa shape index (κ1) is 23.1. The molecular weight excluding hydrogens is 473 g/mol. The zero-order chi connectivity index (χ0) is 24.0. The first-order chi connectivity index (χ1) is 16.4. The third-order valence-corrected chi connectivity index (χ3v) is 7.43. The summed E-state index contributed by atoms with van der Waals surface area (Å²) in [5.74, 6) is 0.772. The molecule has 4 N–H and O–H groups in total. The quantitative estimate of drug-likeness (QED) is 0.478. The summed E-state index contributed by atoms with van der Waals surface area (Å²) in [6, 6.07) is 5.46. The fourth-order valence-electron chi connectivity index (χ4n) is 5.02. The molecule has 1 aliphatic carbocycles. The Labute approximate surface area is 207 Å². The maximum Gasteiger partial charge on any atom is 0.231 e. The number of anilines is 1. The van der Waals surface area contributed by atoms with Gasteiger partial charge in [-0.15, -0.1) is 0 Å². The van der Waals surface area contributed by atoms with Crippen molar-refractivity contribution < 1.29 is 4.79 Å². The van der Waals surface area contributed by atoms with E-state index in [1.165, 1.54) is 6.33 Å². The van der Waals surface area contributed by atoms with E-state index in [1.807, 2.05) is 43.0 Å². The van der Waals surface area contributed by atoms with Crippen LogP contribution in [0, 0.1) is 5.92 Å². The zero-order valence-corrected chi connectivity index (χ0v) is 20.6. The number of nitrogens with one attached hydrogen (secondary N) is 2. The summed E-state index contributed by atoms with van der Waals surface area (Å²) < 4.78 is 0. The number of rotatable bonds is 5. The maximum absolute atomic E-state index is 13.4. The van der Waals surface area contributed by atoms with Gasteiger partial charge in [0.15, 0.2) is 0 Å². The van der Waals surface area contributed by atoms with Crippen molar-refractivity contribution in [2.45, 2.75) is 44.7 Å². The summed E-state index contributed by atoms with van der Waals surface area (Å²) in [4.78, 5) is 32.3. The van der Waals surface area contributed by atoms with Crippen LogP contribution in [0.3, 0.4) is 0 Å². The monoisotopic (exact) mass is 499 g/mol. The highest BCUT2D eigenvalue weighted by atomic mass is 35.5. The molecule has 1 fully saturated rings. The lowest BCUT2D eigenvalue weighted by Crippen LogP contribution is -2.45. The molecule has 10 heteroatoms. The van der Waals surface area contributed by atoms with Gasteiger partial charge in [0.1, 0.15) is 18.0 Å². The van der Waals surface area contributed by atoms with E-state index in [0.29, 0.717) is 22.4 Å². The van der Waals surface area contributed by atoms with E-state index in [9.17, 15) is 4.79 Å². The van der Waals surface area contributed by atoms with Gasteiger partial charge >= 0.3 is 0 Å². The van der Waals surface area contributed by atoms with Gasteiger partial charge in [-0.2, -0.15) is 0 Å². The summed E-state index contributed by atoms with van der Waals surface area (Å²) in [6.07, 6.45) is 5.24. The molecule has 178 valence electrons. The molecule has 3 aromatic rings. The number of aromatic amines is 1. The van der Waals surface area contributed by atoms with Crippen molar-refractivity contribution in [2.24, 2.45) is 11.7 Å². The second kappa shape index (κ2) is 9.17. The average molecular weight is 500 g/mol. The van der Waals surface area contributed by atoms with Gasteiger partial charge in [0.2, 0.25) is 5.91 Å². The summed E-state index contributed by atoms with van der Waals surface area (Å²) in [6.45, 7) is 5.18. The van der Waals surface area contributed by atoms with E-state index in [1.54, 1.807) is 0 Å². The molecule has 0 saturated carbocycles. The highest BCUT2D eigenvalue weighted by molar-refractivity contribution is 6.33. The molecule has 8 nitrogen and oxygen atoms in total. The number of fused-ring (bicyclic) bond motifs is 2. The first-order valence-electron chi connectivity index (χ1n) is 11.5. The van der Waals surface area contributed by atoms with Crippen LogP contribution < -0.4 is 11.1 Å². The number of nitrogens with zero attached hydrogens (tertiary/aromatic N) is 4. The Bertz CT molecular complexity index is 1270. The van der Waals surface area contributed by atoms with Crippen LogP contribution in [0.15, 0.2) is 29.6 Å². The Morgan fingerprint density at radius 1 is 1.35 bits per heavy atom. The van der Waals surface area contributed by atoms with E-state index < -0.39 is 5.92 Å². The van der Waals surface area contributed by atoms with Crippen molar-refractivity contribution in [3.05, 3.63) is 51.7 Å². The molecule has 1 amide bonds. The lowest BCUT2D eigenvalue weighted by atomic mass is 9.82. The van der Waals surface area contributed by atoms with Gasteiger partial charge in [-0.05, 0) is 44.0 Å². The molecule has 0 spiro atoms. The smallest absolute Gasteiger partial charge is 0.231 e. The molecule has 2 aliphatic rings. The van der Waals surface area contributed by atoms with Gasteiger partial charge < -0.3 is 20.9 Å². The van der Waals surface area contributed by atoms with Crippen molar-refractivity contribution in [1.82, 2.24) is 24.8 Å². The predicted molar refractivity (Wildman–Crippen MR) is 135 cm³/mol. The zero-order valence-electron chi connectivity index (χ0n) is 19.1. The number of nitrogens with two attached hydrogens (primary N) is 1. The van der Waals surface area contributed by atoms with E-state index in [0.717, 1.165) is 47.5 Å². The van der Waals surface area contributed by atoms with Gasteiger partial charge in [-0.3, -0.25) is 4.79 Å². The second-order valence-electron chi connectivity index (χ2n) is 9.03. The number of H-pyrrole nitrogens is 1. The second-order valence-corrected chi connectivity index (χ2v) is 9.90. The van der Waals surface area contributed by atoms with Crippen molar-refractivity contribution in [1.29, 1.82) is 0 Å². The Balaban J connectivity index is 1.42. The number of hydrogen-bond donors (Lipinski definition) is 3. The lowest BCUT2D eigenvalue weighted by Gasteiger charge is -2.33. The van der Waals surface area contributed by atoms with E-state index in [2.05, 4.69) is 25.3 Å². The first-order valence-corrected chi connectivity index (χ1v) is 12.3. The molecule has 5 rings (SSSR count). The highest BCUT2D eigenvalue weighted by Crippen LogP contribution is 2.43. The van der Waals surface area contributed by atoms with Crippen molar-refractivity contribution in [3.8, 4) is 0 Å². The molecule has 1 aliphatic heterocycles. The van der Waals surface area contributed by atoms with Crippen molar-refractivity contribution >= 4 is 52.0 Å². The summed E-state index contributed by atoms with van der Waals surface area (Å²) >= 11 is 12.8. The van der Waals surface area contributed by atoms with Crippen LogP contribution in [0.25, 0.3) is 17.1 Å². The van der Waals surface area contributed by atoms with Crippen molar-refractivity contribution in [3.63, 3.8) is 0 Å². The number of aromatic nitrogens is 4. The molecule has 0 bridgehead atoms. The average Bonchev–Trinajstić information content (AvgIpc) is 3.46. The maximum atomic E-state index is 13.4. The standard InChI is InChI=1S/C24H27Cl2N7O/c1-12-20(24(34)33-7-3-4-15(33)10-27)17(26)9-16-21(12)28-11-29-23(16)30-13(2)22-31-18-6-5-14(25)8-19(18)32-22/h5-6,8-9,11-13,15,20H,3-4,7,10,27H2,1-2H3,(H,31,32)(H,28,29,30)/t12?,13-,15-,20?/m0/s1. The number of halogens is 2. The number of likely N-dealkylation sites (tertiary alicyclic amines) is 1. The van der Waals surface area contributed by atoms with Crippen LogP contribution in [0.1, 0.15) is 55.7 Å². The topological polar surface area (TPSA) is 113 Å². The Hall–Kier alpha value is -2.68. The molecular formula is C24H27Cl2N7O. The normalized spacial score (nSPS) is 23.0. The minimum absolute atomic E-state index is 0.0229. The van der Waals surface area contributed by atoms with Crippen molar-refractivity contribution in [2.75, 3.05) is 18.4 Å². The largest absolute Gasteiger partial charge is 0.360 e. The van der Waals surface area contributed by atoms with Gasteiger partial charge in [0, 0.05) is 40.7 Å². The van der Waals surface area contributed by atoms with Crippen LogP contribution >= 0.6 is 23.2 Å². The van der Waals surface area contributed by atoms with E-state index in [4.69, 9.17) is 28.9 Å². The number of carbonyl (C=O) groups is 1. The van der Waals surface area contributed by atoms with Crippen LogP contribution in [-0.2, 0) is 4.79 Å². The molecule has 1 aromatic carbocycles. The molecule has 4 atom stereocenters. The third kappa shape index (κ3) is 4.04. The van der Waals surface area contributed by atoms with Gasteiger partial charge in [0.05, 0.1) is 28.7 Å². The minimum atomic E-state index is -0.471. The third-order valence-electron chi connectivity index (χ3n) is 6.85. The Kier molecular flexibility index (Phi) is 6.22. The fourth-order valence-corrected chi connectivity index (χ4v) is 5.58. The summed E-state index contributed by atoms with van der Waals surface area (Å²) in [7, 11) is 0. The van der Waals surface area contributed by atoms with Crippen LogP contribution in [0.5, 0.6) is 0 Å². The van der Waals surface area contributed by atoms with Crippen LogP contribution in [0.4, 0.5) is 5.82 Å². The Morgan fingerprint density at radius 3 is 2.97 bits per heavy atom. The van der Waals surface area contributed by atoms with Crippen LogP contribution in [-0.4, -0.2) is 49.9 Å². The number of carbonyl (C=O) groups excluding carboxylic acids is 1. The summed E-state index contributed by atoms with van der Waals surface area (Å²) in [5, 5.41) is 4.57. The van der Waals surface area contributed by atoms with E-state index >= 15 is 0 Å². The number of amides is 1. The molecule has 34 heavy (non-hydrogen) atoms. The minimum Gasteiger partial charge on any atom is -0.360 e. The number of hydrogen-bond acceptors (Lipinski definition) is 6. The number of imidazole rings is 1. The highest BCUT2D eigenvalue weighted by Gasteiger charge is 2.40. The van der Waals surface area contributed by atoms with Gasteiger partial charge in [-0.25, -0.2) is 15.0 Å². The molecule has 1 saturated heterocycles. The summed E-state index contributed by atoms with van der Waals surface area (Å²) in [5.41, 5.74) is 9.21. The van der Waals surface area contributed by atoms with Gasteiger partial charge in [0.25, 0.3) is 0 Å². The fraction of sp³-hybridized carbons (Fsp3) is 0.417. The van der Waals surface area contributed by atoms with E-state index in [-0.39, 0.29) is 23.9 Å². The number of benzene rings is 1. The van der Waals surface area contributed by atoms with Crippen LogP contribution in [0.2, 0.25) is 5.02 Å². The Morgan fingerprint density at radius 2 is 2.18 bits per heavy atom. The molecule has 2 aromatic heterocycles. The molecule has 2 unspecified atom stereocenters. The molecule has 0 radical (unpaired) electrons. The predicted octanol–water partition coefficient (Wildman–Crippen LogP) is 4.44.